The topological polar surface area (TPSA) is 53.6 Å². The zero-order chi connectivity index (χ0) is 14.5. The SMILES string of the molecule is CC(C)(C)c1ccc2c(c1)oc1cccc(B(O)O)c12. The number of fused-ring (bicyclic) bond motifs is 3. The van der Waals surface area contributed by atoms with E-state index in [4.69, 9.17) is 4.42 Å². The van der Waals surface area contributed by atoms with Crippen LogP contribution in [0.25, 0.3) is 21.9 Å². The summed E-state index contributed by atoms with van der Waals surface area (Å²) in [6, 6.07) is 11.4. The Balaban J connectivity index is 2.35. The Morgan fingerprint density at radius 2 is 1.75 bits per heavy atom. The van der Waals surface area contributed by atoms with Gasteiger partial charge < -0.3 is 14.5 Å². The van der Waals surface area contributed by atoms with Crippen LogP contribution in [0.3, 0.4) is 0 Å². The molecular weight excluding hydrogens is 251 g/mol. The Hall–Kier alpha value is -1.78. The van der Waals surface area contributed by atoms with Gasteiger partial charge in [0.1, 0.15) is 11.2 Å². The van der Waals surface area contributed by atoms with Crippen molar-refractivity contribution >= 4 is 34.5 Å². The third-order valence-electron chi connectivity index (χ3n) is 3.67. The van der Waals surface area contributed by atoms with Gasteiger partial charge in [-0.25, -0.2) is 0 Å². The predicted molar refractivity (Wildman–Crippen MR) is 82.2 cm³/mol. The minimum Gasteiger partial charge on any atom is -0.456 e. The van der Waals surface area contributed by atoms with Gasteiger partial charge >= 0.3 is 7.12 Å². The Morgan fingerprint density at radius 1 is 1.00 bits per heavy atom. The second-order valence-corrected chi connectivity index (χ2v) is 6.16. The van der Waals surface area contributed by atoms with Crippen molar-refractivity contribution in [3.63, 3.8) is 0 Å². The second-order valence-electron chi connectivity index (χ2n) is 6.16. The van der Waals surface area contributed by atoms with E-state index >= 15 is 0 Å². The maximum atomic E-state index is 9.50. The molecule has 0 radical (unpaired) electrons. The normalized spacial score (nSPS) is 12.2. The smallest absolute Gasteiger partial charge is 0.456 e. The lowest BCUT2D eigenvalue weighted by Gasteiger charge is -2.18. The fourth-order valence-electron chi connectivity index (χ4n) is 2.53. The number of furan rings is 1. The molecule has 0 saturated carbocycles. The van der Waals surface area contributed by atoms with Gasteiger partial charge in [-0.05, 0) is 28.6 Å². The first-order valence-electron chi connectivity index (χ1n) is 6.70. The molecule has 102 valence electrons. The minimum atomic E-state index is -1.50. The molecule has 0 spiro atoms. The predicted octanol–water partition coefficient (Wildman–Crippen LogP) is 2.56. The van der Waals surface area contributed by atoms with Crippen LogP contribution in [-0.2, 0) is 5.41 Å². The van der Waals surface area contributed by atoms with Crippen LogP contribution in [0.2, 0.25) is 0 Å². The lowest BCUT2D eigenvalue weighted by molar-refractivity contribution is 0.426. The van der Waals surface area contributed by atoms with Crippen molar-refractivity contribution in [1.82, 2.24) is 0 Å². The summed E-state index contributed by atoms with van der Waals surface area (Å²) < 4.78 is 5.86. The average molecular weight is 268 g/mol. The van der Waals surface area contributed by atoms with Gasteiger partial charge in [-0.3, -0.25) is 0 Å². The molecule has 0 aliphatic heterocycles. The van der Waals surface area contributed by atoms with E-state index in [0.29, 0.717) is 11.0 Å². The molecule has 3 rings (SSSR count). The third-order valence-corrected chi connectivity index (χ3v) is 3.67. The van der Waals surface area contributed by atoms with Gasteiger partial charge in [0.05, 0.1) is 0 Å². The average Bonchev–Trinajstić information content (AvgIpc) is 2.74. The molecule has 1 aromatic heterocycles. The standard InChI is InChI=1S/C16H17BO3/c1-16(2,3)10-7-8-11-14(9-10)20-13-6-4-5-12(15(11)13)17(18)19/h4-9,18-19H,1-3H3. The first-order chi connectivity index (χ1) is 9.38. The van der Waals surface area contributed by atoms with E-state index in [9.17, 15) is 10.0 Å². The van der Waals surface area contributed by atoms with E-state index in [1.165, 1.54) is 5.56 Å². The third kappa shape index (κ3) is 2.01. The monoisotopic (exact) mass is 268 g/mol. The van der Waals surface area contributed by atoms with Crippen LogP contribution in [0, 0.1) is 0 Å². The number of hydrogen-bond acceptors (Lipinski definition) is 3. The van der Waals surface area contributed by atoms with E-state index in [2.05, 4.69) is 26.8 Å². The Labute approximate surface area is 118 Å². The summed E-state index contributed by atoms with van der Waals surface area (Å²) >= 11 is 0. The van der Waals surface area contributed by atoms with E-state index < -0.39 is 7.12 Å². The molecule has 1 heterocycles. The van der Waals surface area contributed by atoms with Crippen LogP contribution < -0.4 is 5.46 Å². The highest BCUT2D eigenvalue weighted by Gasteiger charge is 2.20. The molecule has 0 aliphatic rings. The highest BCUT2D eigenvalue weighted by molar-refractivity contribution is 6.62. The van der Waals surface area contributed by atoms with Gasteiger partial charge in [-0.1, -0.05) is 45.0 Å². The quantitative estimate of drug-likeness (QED) is 0.667. The van der Waals surface area contributed by atoms with E-state index in [0.717, 1.165) is 16.4 Å². The summed E-state index contributed by atoms with van der Waals surface area (Å²) in [5.41, 5.74) is 3.17. The van der Waals surface area contributed by atoms with E-state index in [-0.39, 0.29) is 5.41 Å². The molecule has 0 amide bonds. The van der Waals surface area contributed by atoms with Crippen molar-refractivity contribution in [3.05, 3.63) is 42.0 Å². The van der Waals surface area contributed by atoms with Crippen molar-refractivity contribution in [2.24, 2.45) is 0 Å². The first-order valence-corrected chi connectivity index (χ1v) is 6.70. The van der Waals surface area contributed by atoms with Crippen molar-refractivity contribution in [2.75, 3.05) is 0 Å². The summed E-state index contributed by atoms with van der Waals surface area (Å²) in [5.74, 6) is 0. The molecule has 0 unspecified atom stereocenters. The molecule has 0 bridgehead atoms. The lowest BCUT2D eigenvalue weighted by Crippen LogP contribution is -2.30. The molecule has 0 fully saturated rings. The Kier molecular flexibility index (Phi) is 2.89. The molecule has 2 aromatic carbocycles. The van der Waals surface area contributed by atoms with Crippen LogP contribution in [0.4, 0.5) is 0 Å². The Bertz CT molecular complexity index is 781. The molecule has 0 aliphatic carbocycles. The summed E-state index contributed by atoms with van der Waals surface area (Å²) in [6.45, 7) is 6.46. The second kappa shape index (κ2) is 4.37. The van der Waals surface area contributed by atoms with Gasteiger partial charge in [0.15, 0.2) is 0 Å². The van der Waals surface area contributed by atoms with Crippen LogP contribution in [-0.4, -0.2) is 17.2 Å². The molecule has 2 N–H and O–H groups in total. The highest BCUT2D eigenvalue weighted by Crippen LogP contribution is 2.31. The van der Waals surface area contributed by atoms with E-state index in [1.807, 2.05) is 18.2 Å². The maximum absolute atomic E-state index is 9.50. The first kappa shape index (κ1) is 13.2. The summed E-state index contributed by atoms with van der Waals surface area (Å²) in [5, 5.41) is 20.7. The van der Waals surface area contributed by atoms with Crippen LogP contribution >= 0.6 is 0 Å². The number of hydrogen-bond donors (Lipinski definition) is 2. The number of rotatable bonds is 1. The van der Waals surface area contributed by atoms with Gasteiger partial charge in [0.25, 0.3) is 0 Å². The van der Waals surface area contributed by atoms with Gasteiger partial charge in [-0.15, -0.1) is 0 Å². The van der Waals surface area contributed by atoms with E-state index in [1.54, 1.807) is 12.1 Å². The summed E-state index contributed by atoms with van der Waals surface area (Å²) in [6.07, 6.45) is 0. The van der Waals surface area contributed by atoms with Gasteiger partial charge in [0.2, 0.25) is 0 Å². The Morgan fingerprint density at radius 3 is 2.40 bits per heavy atom. The van der Waals surface area contributed by atoms with Crippen molar-refractivity contribution < 1.29 is 14.5 Å². The molecule has 20 heavy (non-hydrogen) atoms. The van der Waals surface area contributed by atoms with Gasteiger partial charge in [-0.2, -0.15) is 0 Å². The van der Waals surface area contributed by atoms with Crippen molar-refractivity contribution in [1.29, 1.82) is 0 Å². The fraction of sp³-hybridized carbons (Fsp3) is 0.250. The highest BCUT2D eigenvalue weighted by atomic mass is 16.4. The molecular formula is C16H17BO3. The molecule has 0 atom stereocenters. The van der Waals surface area contributed by atoms with Gasteiger partial charge in [0, 0.05) is 10.8 Å². The van der Waals surface area contributed by atoms with Crippen LogP contribution in [0.1, 0.15) is 26.3 Å². The zero-order valence-corrected chi connectivity index (χ0v) is 11.8. The summed E-state index contributed by atoms with van der Waals surface area (Å²) in [7, 11) is -1.50. The molecule has 3 nitrogen and oxygen atoms in total. The summed E-state index contributed by atoms with van der Waals surface area (Å²) in [4.78, 5) is 0. The van der Waals surface area contributed by atoms with Crippen LogP contribution in [0.15, 0.2) is 40.8 Å². The largest absolute Gasteiger partial charge is 0.489 e. The molecule has 3 aromatic rings. The zero-order valence-electron chi connectivity index (χ0n) is 11.8. The number of benzene rings is 2. The minimum absolute atomic E-state index is 0.0481. The fourth-order valence-corrected chi connectivity index (χ4v) is 2.53. The van der Waals surface area contributed by atoms with Crippen molar-refractivity contribution in [2.45, 2.75) is 26.2 Å². The lowest BCUT2D eigenvalue weighted by atomic mass is 9.77. The van der Waals surface area contributed by atoms with Crippen LogP contribution in [0.5, 0.6) is 0 Å². The molecule has 0 saturated heterocycles. The van der Waals surface area contributed by atoms with Crippen molar-refractivity contribution in [3.8, 4) is 0 Å². The maximum Gasteiger partial charge on any atom is 0.489 e. The molecule has 4 heteroatoms.